The van der Waals surface area contributed by atoms with Gasteiger partial charge in [-0.2, -0.15) is 4.31 Å². The number of fused-ring (bicyclic) bond motifs is 1. The van der Waals surface area contributed by atoms with E-state index >= 15 is 0 Å². The SMILES string of the molecule is Cn1ccc2cc(-c3ccc(CN(CCCCCCC(=O)NO)S(=O)O)cc3)ccc21. The summed E-state index contributed by atoms with van der Waals surface area (Å²) in [5.74, 6) is -0.384. The zero-order valence-electron chi connectivity index (χ0n) is 17.7. The highest BCUT2D eigenvalue weighted by Gasteiger charge is 2.12. The van der Waals surface area contributed by atoms with E-state index in [9.17, 15) is 13.6 Å². The van der Waals surface area contributed by atoms with Crippen LogP contribution in [0.25, 0.3) is 22.0 Å². The molecule has 0 saturated heterocycles. The molecule has 1 amide bonds. The molecule has 7 nitrogen and oxygen atoms in total. The Balaban J connectivity index is 1.53. The molecular weight excluding hydrogens is 414 g/mol. The van der Waals surface area contributed by atoms with Gasteiger partial charge in [-0.05, 0) is 47.7 Å². The van der Waals surface area contributed by atoms with E-state index in [1.54, 1.807) is 5.48 Å². The number of aryl methyl sites for hydroxylation is 1. The molecule has 1 unspecified atom stereocenters. The van der Waals surface area contributed by atoms with Crippen molar-refractivity contribution in [3.8, 4) is 11.1 Å². The molecule has 3 aromatic rings. The van der Waals surface area contributed by atoms with Crippen LogP contribution in [0.3, 0.4) is 0 Å². The van der Waals surface area contributed by atoms with E-state index < -0.39 is 11.3 Å². The first-order valence-corrected chi connectivity index (χ1v) is 11.5. The molecule has 2 aromatic carbocycles. The minimum Gasteiger partial charge on any atom is -0.351 e. The quantitative estimate of drug-likeness (QED) is 0.179. The molecule has 166 valence electrons. The summed E-state index contributed by atoms with van der Waals surface area (Å²) in [5, 5.41) is 9.66. The molecule has 1 atom stereocenters. The van der Waals surface area contributed by atoms with Crippen molar-refractivity contribution in [1.82, 2.24) is 14.4 Å². The molecule has 0 spiro atoms. The van der Waals surface area contributed by atoms with Gasteiger partial charge in [0.05, 0.1) is 0 Å². The van der Waals surface area contributed by atoms with Gasteiger partial charge in [0.2, 0.25) is 17.2 Å². The van der Waals surface area contributed by atoms with Gasteiger partial charge in [0, 0.05) is 43.7 Å². The van der Waals surface area contributed by atoms with Crippen molar-refractivity contribution in [2.75, 3.05) is 6.54 Å². The number of hydrogen-bond acceptors (Lipinski definition) is 3. The topological polar surface area (TPSA) is 94.8 Å². The lowest BCUT2D eigenvalue weighted by molar-refractivity contribution is -0.129. The normalized spacial score (nSPS) is 12.4. The number of nitrogens with zero attached hydrogens (tertiary/aromatic N) is 2. The third-order valence-corrected chi connectivity index (χ3v) is 6.19. The van der Waals surface area contributed by atoms with E-state index in [1.807, 2.05) is 37.5 Å². The maximum atomic E-state index is 11.7. The van der Waals surface area contributed by atoms with Gasteiger partial charge < -0.3 is 4.57 Å². The molecule has 0 fully saturated rings. The van der Waals surface area contributed by atoms with E-state index in [4.69, 9.17) is 5.21 Å². The van der Waals surface area contributed by atoms with Crippen molar-refractivity contribution in [3.05, 3.63) is 60.3 Å². The number of aromatic nitrogens is 1. The van der Waals surface area contributed by atoms with E-state index in [0.717, 1.165) is 36.0 Å². The first-order valence-electron chi connectivity index (χ1n) is 10.4. The van der Waals surface area contributed by atoms with Gasteiger partial charge in [0.1, 0.15) is 0 Å². The molecule has 8 heteroatoms. The molecule has 1 aromatic heterocycles. The molecule has 3 N–H and O–H groups in total. The second-order valence-electron chi connectivity index (χ2n) is 7.69. The van der Waals surface area contributed by atoms with Crippen LogP contribution in [-0.4, -0.2) is 35.3 Å². The van der Waals surface area contributed by atoms with Crippen LogP contribution >= 0.6 is 0 Å². The zero-order chi connectivity index (χ0) is 22.2. The van der Waals surface area contributed by atoms with Crippen molar-refractivity contribution in [2.45, 2.75) is 38.6 Å². The second-order valence-corrected chi connectivity index (χ2v) is 8.67. The average molecular weight is 444 g/mol. The van der Waals surface area contributed by atoms with Crippen molar-refractivity contribution >= 4 is 28.1 Å². The fourth-order valence-electron chi connectivity index (χ4n) is 3.66. The summed E-state index contributed by atoms with van der Waals surface area (Å²) >= 11 is -2.04. The highest BCUT2D eigenvalue weighted by Crippen LogP contribution is 2.25. The average Bonchev–Trinajstić information content (AvgIpc) is 3.15. The summed E-state index contributed by atoms with van der Waals surface area (Å²) in [7, 11) is 2.03. The second kappa shape index (κ2) is 11.2. The van der Waals surface area contributed by atoms with Crippen molar-refractivity contribution in [2.24, 2.45) is 7.05 Å². The van der Waals surface area contributed by atoms with E-state index in [2.05, 4.69) is 28.8 Å². The first-order chi connectivity index (χ1) is 15.0. The van der Waals surface area contributed by atoms with Crippen molar-refractivity contribution in [1.29, 1.82) is 0 Å². The molecule has 0 radical (unpaired) electrons. The maximum Gasteiger partial charge on any atom is 0.243 e. The predicted octanol–water partition coefficient (Wildman–Crippen LogP) is 4.24. The minimum absolute atomic E-state index is 0.287. The van der Waals surface area contributed by atoms with Gasteiger partial charge in [-0.25, -0.2) is 9.69 Å². The Morgan fingerprint density at radius 1 is 1.03 bits per heavy atom. The Morgan fingerprint density at radius 3 is 2.45 bits per heavy atom. The number of hydroxylamine groups is 1. The molecule has 31 heavy (non-hydrogen) atoms. The number of carbonyl (C=O) groups excluding carboxylic acids is 1. The molecule has 0 aliphatic rings. The van der Waals surface area contributed by atoms with Gasteiger partial charge in [0.15, 0.2) is 0 Å². The lowest BCUT2D eigenvalue weighted by atomic mass is 10.0. The Bertz CT molecular complexity index is 1030. The third kappa shape index (κ3) is 6.48. The van der Waals surface area contributed by atoms with Crippen LogP contribution in [-0.2, 0) is 29.7 Å². The lowest BCUT2D eigenvalue weighted by Crippen LogP contribution is -2.26. The molecule has 0 aliphatic carbocycles. The number of rotatable bonds is 11. The number of nitrogens with one attached hydrogen (secondary N) is 1. The highest BCUT2D eigenvalue weighted by atomic mass is 32.2. The number of amides is 1. The Morgan fingerprint density at radius 2 is 1.74 bits per heavy atom. The highest BCUT2D eigenvalue weighted by molar-refractivity contribution is 7.76. The van der Waals surface area contributed by atoms with Crippen molar-refractivity contribution in [3.63, 3.8) is 0 Å². The summed E-state index contributed by atoms with van der Waals surface area (Å²) in [6, 6.07) is 16.6. The fourth-order valence-corrected chi connectivity index (χ4v) is 4.21. The Kier molecular flexibility index (Phi) is 8.36. The largest absolute Gasteiger partial charge is 0.351 e. The fraction of sp³-hybridized carbons (Fsp3) is 0.348. The minimum atomic E-state index is -2.04. The van der Waals surface area contributed by atoms with Crippen LogP contribution in [0.4, 0.5) is 0 Å². The molecule has 0 saturated carbocycles. The van der Waals surface area contributed by atoms with E-state index in [0.29, 0.717) is 19.5 Å². The third-order valence-electron chi connectivity index (χ3n) is 5.44. The summed E-state index contributed by atoms with van der Waals surface area (Å²) in [6.45, 7) is 0.899. The zero-order valence-corrected chi connectivity index (χ0v) is 18.5. The van der Waals surface area contributed by atoms with Gasteiger partial charge in [-0.1, -0.05) is 43.2 Å². The smallest absolute Gasteiger partial charge is 0.243 e. The van der Waals surface area contributed by atoms with E-state index in [-0.39, 0.29) is 12.3 Å². The molecule has 0 bridgehead atoms. The summed E-state index contributed by atoms with van der Waals surface area (Å²) in [5.41, 5.74) is 6.04. The monoisotopic (exact) mass is 443 g/mol. The summed E-state index contributed by atoms with van der Waals surface area (Å²) in [6.07, 6.45) is 5.48. The standard InChI is InChI=1S/C23H29N3O4S/c1-25-15-13-21-16-20(11-12-22(21)25)19-9-7-18(8-10-19)17-26(31(29)30)14-5-3-2-4-6-23(27)24-28/h7-13,15-16,28H,2-6,14,17H2,1H3,(H,24,27)(H,29,30). The molecule has 1 heterocycles. The van der Waals surface area contributed by atoms with Crippen LogP contribution in [0.1, 0.15) is 37.7 Å². The van der Waals surface area contributed by atoms with Gasteiger partial charge >= 0.3 is 0 Å². The first kappa shape index (κ1) is 23.1. The summed E-state index contributed by atoms with van der Waals surface area (Å²) < 4.78 is 25.0. The van der Waals surface area contributed by atoms with Crippen LogP contribution in [0.2, 0.25) is 0 Å². The number of hydrogen-bond donors (Lipinski definition) is 3. The summed E-state index contributed by atoms with van der Waals surface area (Å²) in [4.78, 5) is 11.0. The number of carbonyl (C=O) groups is 1. The Labute approximate surface area is 185 Å². The maximum absolute atomic E-state index is 11.7. The van der Waals surface area contributed by atoms with Gasteiger partial charge in [-0.3, -0.25) is 14.6 Å². The van der Waals surface area contributed by atoms with Crippen LogP contribution in [0.5, 0.6) is 0 Å². The molecule has 3 rings (SSSR count). The number of benzene rings is 2. The van der Waals surface area contributed by atoms with E-state index in [1.165, 1.54) is 15.2 Å². The Hall–Kier alpha value is -2.52. The predicted molar refractivity (Wildman–Crippen MR) is 123 cm³/mol. The van der Waals surface area contributed by atoms with Crippen LogP contribution < -0.4 is 5.48 Å². The van der Waals surface area contributed by atoms with Crippen LogP contribution in [0.15, 0.2) is 54.7 Å². The van der Waals surface area contributed by atoms with Crippen LogP contribution in [0, 0.1) is 0 Å². The molecular formula is C23H29N3O4S. The molecule has 0 aliphatic heterocycles. The van der Waals surface area contributed by atoms with Gasteiger partial charge in [-0.15, -0.1) is 0 Å². The van der Waals surface area contributed by atoms with Crippen molar-refractivity contribution < 1.29 is 18.8 Å². The van der Waals surface area contributed by atoms with Gasteiger partial charge in [0.25, 0.3) is 0 Å². The lowest BCUT2D eigenvalue weighted by Gasteiger charge is -2.18. The number of unbranched alkanes of at least 4 members (excludes halogenated alkanes) is 3.